The average molecular weight is 1060 g/mol. The summed E-state index contributed by atoms with van der Waals surface area (Å²) in [6, 6.07) is -0.242. The van der Waals surface area contributed by atoms with Gasteiger partial charge in [0.1, 0.15) is 34.6 Å². The van der Waals surface area contributed by atoms with Crippen LogP contribution in [0.1, 0.15) is 97.7 Å². The van der Waals surface area contributed by atoms with Crippen LogP contribution in [0.5, 0.6) is 28.7 Å². The lowest BCUT2D eigenvalue weighted by atomic mass is 9.91. The van der Waals surface area contributed by atoms with Crippen LogP contribution in [0.25, 0.3) is 21.7 Å². The maximum absolute atomic E-state index is 16.2. The van der Waals surface area contributed by atoms with E-state index in [1.807, 2.05) is 0 Å². The third-order valence-electron chi connectivity index (χ3n) is 14.6. The molecule has 0 unspecified atom stereocenters. The second kappa shape index (κ2) is 21.7. The number of carboxylic acid groups (broad SMARTS) is 1. The van der Waals surface area contributed by atoms with E-state index in [4.69, 9.17) is 29.4 Å². The number of methoxy groups -OCH3 is 2. The number of carbonyl (C=O) groups excluding carboxylic acids is 3. The number of carbonyl (C=O) groups is 4. The molecule has 3 aromatic carbocycles. The van der Waals surface area contributed by atoms with Crippen molar-refractivity contribution in [1.82, 2.24) is 9.58 Å². The molecule has 1 aliphatic carbocycles. The number of esters is 1. The Bertz CT molecular complexity index is 3160. The number of hydrogen-bond donors (Lipinski definition) is 8. The van der Waals surface area contributed by atoms with Crippen molar-refractivity contribution in [3.63, 3.8) is 0 Å². The van der Waals surface area contributed by atoms with Crippen LogP contribution in [0.2, 0.25) is 0 Å². The van der Waals surface area contributed by atoms with E-state index in [0.29, 0.717) is 0 Å². The Hall–Kier alpha value is -7.31. The maximum Gasteiger partial charge on any atom is 0.341 e. The van der Waals surface area contributed by atoms with Gasteiger partial charge < -0.3 is 74.8 Å². The zero-order valence-corrected chi connectivity index (χ0v) is 43.1. The summed E-state index contributed by atoms with van der Waals surface area (Å²) in [5.41, 5.74) is 4.54. The summed E-state index contributed by atoms with van der Waals surface area (Å²) in [4.78, 5) is 67.8. The quantitative estimate of drug-likeness (QED) is 0.0522. The number of nitrogens with two attached hydrogens (primary N) is 1. The lowest BCUT2D eigenvalue weighted by molar-refractivity contribution is -0.152. The van der Waals surface area contributed by atoms with Crippen LogP contribution in [-0.2, 0) is 23.8 Å². The molecule has 22 nitrogen and oxygen atoms in total. The first kappa shape index (κ1) is 54.9. The molecule has 9 rings (SSSR count). The van der Waals surface area contributed by atoms with Crippen LogP contribution >= 0.6 is 0 Å². The zero-order chi connectivity index (χ0) is 55.2. The molecule has 7 atom stereocenters. The number of allylic oxidation sites excluding steroid dienone is 2. The fourth-order valence-corrected chi connectivity index (χ4v) is 10.0. The number of aliphatic hydroxyl groups excluding tert-OH is 2. The van der Waals surface area contributed by atoms with E-state index < -0.39 is 111 Å². The normalized spacial score (nSPS) is 26.2. The molecular formula is C53H63FN6O16. The number of nitrogens with one attached hydrogen (secondary N) is 1. The summed E-state index contributed by atoms with van der Waals surface area (Å²) in [6.45, 7) is 7.41. The molecule has 1 saturated heterocycles. The van der Waals surface area contributed by atoms with Gasteiger partial charge in [-0.05, 0) is 39.2 Å². The number of pyridine rings is 1. The number of fused-ring (bicyclic) bond motifs is 16. The number of hydrazone groups is 1. The number of piperazine rings is 1. The molecular weight excluding hydrogens is 996 g/mol. The first-order valence-corrected chi connectivity index (χ1v) is 24.9. The predicted octanol–water partition coefficient (Wildman–Crippen LogP) is 4.48. The van der Waals surface area contributed by atoms with Crippen molar-refractivity contribution < 1.29 is 77.9 Å². The minimum atomic E-state index is -2.07. The molecule has 2 fully saturated rings. The molecule has 1 saturated carbocycles. The van der Waals surface area contributed by atoms with Crippen molar-refractivity contribution in [2.75, 3.05) is 57.2 Å². The number of hydrogen-bond acceptors (Lipinski definition) is 19. The van der Waals surface area contributed by atoms with E-state index in [1.54, 1.807) is 27.5 Å². The largest absolute Gasteiger partial charge is 0.507 e. The lowest BCUT2D eigenvalue weighted by Gasteiger charge is -2.35. The first-order chi connectivity index (χ1) is 36.0. The van der Waals surface area contributed by atoms with Gasteiger partial charge in [-0.15, -0.1) is 0 Å². The van der Waals surface area contributed by atoms with Gasteiger partial charge in [-0.2, -0.15) is 5.10 Å². The van der Waals surface area contributed by atoms with Crippen molar-refractivity contribution in [3.8, 4) is 28.7 Å². The summed E-state index contributed by atoms with van der Waals surface area (Å²) in [5.74, 6) is -9.31. The summed E-state index contributed by atoms with van der Waals surface area (Å²) < 4.78 is 47.1. The number of Topliss-reactive ketones (excluding diaryl/α,β-unsaturated/α-hetero) is 1. The second-order valence-corrected chi connectivity index (χ2v) is 19.8. The Morgan fingerprint density at radius 1 is 0.987 bits per heavy atom. The van der Waals surface area contributed by atoms with Gasteiger partial charge in [0.2, 0.25) is 11.2 Å². The Morgan fingerprint density at radius 2 is 1.68 bits per heavy atom. The van der Waals surface area contributed by atoms with Crippen molar-refractivity contribution in [2.45, 2.75) is 109 Å². The molecule has 0 spiro atoms. The van der Waals surface area contributed by atoms with Gasteiger partial charge in [0.15, 0.2) is 17.3 Å². The van der Waals surface area contributed by atoms with Gasteiger partial charge in [0.05, 0.1) is 90.5 Å². The third kappa shape index (κ3) is 10.4. The number of phenols is 3. The Kier molecular flexibility index (Phi) is 15.7. The van der Waals surface area contributed by atoms with Crippen molar-refractivity contribution in [1.29, 1.82) is 0 Å². The monoisotopic (exact) mass is 1060 g/mol. The predicted molar refractivity (Wildman–Crippen MR) is 275 cm³/mol. The number of phenolic OH excluding ortho intramolecular Hbond substituents is 3. The number of anilines is 2. The van der Waals surface area contributed by atoms with E-state index in [-0.39, 0.29) is 114 Å². The zero-order valence-electron chi connectivity index (χ0n) is 43.1. The van der Waals surface area contributed by atoms with Gasteiger partial charge in [-0.1, -0.05) is 25.2 Å². The number of amides is 1. The summed E-state index contributed by atoms with van der Waals surface area (Å²) in [6.07, 6.45) is 3.94. The summed E-state index contributed by atoms with van der Waals surface area (Å²) in [7, 11) is 2.74. The topological polar surface area (TPSA) is 315 Å². The van der Waals surface area contributed by atoms with Gasteiger partial charge in [0, 0.05) is 81.6 Å². The Labute approximate surface area is 435 Å². The molecule has 1 amide bonds. The van der Waals surface area contributed by atoms with Crippen LogP contribution in [-0.4, -0.2) is 153 Å². The number of aliphatic hydroxyl groups is 2. The molecule has 4 aromatic rings. The van der Waals surface area contributed by atoms with Crippen LogP contribution in [0.3, 0.4) is 0 Å². The number of nitrogens with zero attached hydrogens (tertiary/aromatic N) is 4. The van der Waals surface area contributed by atoms with Crippen LogP contribution in [0, 0.1) is 18.7 Å². The van der Waals surface area contributed by atoms with Gasteiger partial charge in [-0.25, -0.2) is 9.18 Å². The molecule has 0 radical (unpaired) electrons. The molecule has 5 aliphatic rings. The Balaban J connectivity index is 1.17. The third-order valence-corrected chi connectivity index (χ3v) is 14.6. The number of benzene rings is 3. The van der Waals surface area contributed by atoms with Crippen LogP contribution in [0.4, 0.5) is 15.8 Å². The standard InChI is InChI=1S/C53H63FN6O16/c1-24-9-8-10-25(2)51(69)57-41-31(22-56-59-16-14-58(15-17-59)43-33(54)20-30-42(49(43)73-7)60(28-11-12-28)23-32(45(30)65)52(70)71)46(66)37-38(47(41)67)44(64)26(3)48-39(37)50(68)53(5,76-48)74-18-13-29(72-6)19-36(75-27(4)61)40(55)35(63)21-34(24)62/h8-10,20,22-24,28-29,34-36,40,62-64,66-67H,11-19,21,55H2,1-7H3,(H,57,69)(H,70,71)/b9-8+,25-10-,56-22+/t24-,29-,34+,35+,36+,40+,53-/m0/s1. The highest BCUT2D eigenvalue weighted by molar-refractivity contribution is 6.24. The number of aromatic hydroxyl groups is 3. The number of aromatic nitrogens is 1. The molecule has 23 heteroatoms. The van der Waals surface area contributed by atoms with Crippen molar-refractivity contribution in [2.24, 2.45) is 16.8 Å². The number of aromatic carboxylic acids is 1. The smallest absolute Gasteiger partial charge is 0.341 e. The fraction of sp³-hybridized carbons (Fsp3) is 0.472. The van der Waals surface area contributed by atoms with Gasteiger partial charge >= 0.3 is 11.9 Å². The van der Waals surface area contributed by atoms with Gasteiger partial charge in [0.25, 0.3) is 11.7 Å². The lowest BCUT2D eigenvalue weighted by Crippen LogP contribution is -2.49. The molecule has 408 valence electrons. The Morgan fingerprint density at radius 3 is 2.32 bits per heavy atom. The molecule has 9 N–H and O–H groups in total. The van der Waals surface area contributed by atoms with Crippen LogP contribution < -0.4 is 30.9 Å². The van der Waals surface area contributed by atoms with E-state index in [9.17, 15) is 54.6 Å². The van der Waals surface area contributed by atoms with E-state index >= 15 is 4.39 Å². The highest BCUT2D eigenvalue weighted by Gasteiger charge is 2.49. The minimum absolute atomic E-state index is 0.00987. The molecule has 5 heterocycles. The molecule has 1 aromatic heterocycles. The van der Waals surface area contributed by atoms with E-state index in [0.717, 1.165) is 25.1 Å². The van der Waals surface area contributed by atoms with E-state index in [2.05, 4.69) is 10.4 Å². The molecule has 5 bridgehead atoms. The van der Waals surface area contributed by atoms with Crippen LogP contribution in [0.15, 0.2) is 46.0 Å². The maximum atomic E-state index is 16.2. The minimum Gasteiger partial charge on any atom is -0.507 e. The summed E-state index contributed by atoms with van der Waals surface area (Å²) in [5, 5.41) is 76.2. The number of carboxylic acids is 1. The number of ether oxygens (including phenoxy) is 5. The molecule has 76 heavy (non-hydrogen) atoms. The highest BCUT2D eigenvalue weighted by Crippen LogP contribution is 2.55. The van der Waals surface area contributed by atoms with E-state index in [1.165, 1.54) is 60.3 Å². The average Bonchev–Trinajstić information content (AvgIpc) is 4.22. The van der Waals surface area contributed by atoms with Gasteiger partial charge in [-0.3, -0.25) is 24.2 Å². The molecule has 4 aliphatic heterocycles. The van der Waals surface area contributed by atoms with Crippen molar-refractivity contribution >= 4 is 62.9 Å². The first-order valence-electron chi connectivity index (χ1n) is 24.9. The van der Waals surface area contributed by atoms with Crippen molar-refractivity contribution in [3.05, 3.63) is 74.4 Å². The second-order valence-electron chi connectivity index (χ2n) is 19.8. The number of halogens is 1. The fourth-order valence-electron chi connectivity index (χ4n) is 10.0. The highest BCUT2D eigenvalue weighted by atomic mass is 19.1. The number of ketones is 1. The SMILES string of the molecule is COc1c(N2CCN(/N=C/c3c4c(O)c5c(O)c(C)c6c(c5c3O)C(=O)[C@@](C)(OCC[C@H](OC)C[C@@H](OC(C)=O)[C@H](N)[C@H](O)C[C@@H](O)[C@@H](C)/C=C/C=C(/C)C(=O)N4)O6)CC2)c(F)cc2c(=O)c(C(=O)O)cn(C3CC3)c12. The number of rotatable bonds is 8. The summed E-state index contributed by atoms with van der Waals surface area (Å²) >= 11 is 0.